The van der Waals surface area contributed by atoms with E-state index in [9.17, 15) is 14.4 Å². The standard InChI is InChI=1S/C31H50N6O3S/c1-8-14-33(5)22-31(2)13-9-11-23-26(31)27(25(30(40)35(23)7)29(39)34(6)16-15-32(3)4)36-17-19-37(20-18-36)28(38)24-12-10-21-41-24/h10,12,21,23,26H,8-9,11,13-20,22H2,1-7H3. The Hall–Kier alpha value is -2.43. The van der Waals surface area contributed by atoms with Gasteiger partial charge in [0.15, 0.2) is 0 Å². The highest BCUT2D eigenvalue weighted by Crippen LogP contribution is 2.51. The molecule has 0 aromatic carbocycles. The van der Waals surface area contributed by atoms with Gasteiger partial charge in [-0.15, -0.1) is 11.3 Å². The number of likely N-dealkylation sites (N-methyl/N-ethyl adjacent to an activating group) is 3. The summed E-state index contributed by atoms with van der Waals surface area (Å²) >= 11 is 1.47. The molecule has 9 nitrogen and oxygen atoms in total. The number of rotatable bonds is 10. The maximum atomic E-state index is 14.2. The van der Waals surface area contributed by atoms with Crippen LogP contribution < -0.4 is 0 Å². The van der Waals surface area contributed by atoms with Gasteiger partial charge in [0.25, 0.3) is 17.7 Å². The van der Waals surface area contributed by atoms with Gasteiger partial charge in [0, 0.05) is 77.6 Å². The number of carbonyl (C=O) groups excluding carboxylic acids is 3. The summed E-state index contributed by atoms with van der Waals surface area (Å²) in [6.45, 7) is 10.2. The van der Waals surface area contributed by atoms with E-state index >= 15 is 0 Å². The molecule has 2 aliphatic heterocycles. The monoisotopic (exact) mass is 586 g/mol. The number of piperazine rings is 1. The highest BCUT2D eigenvalue weighted by Gasteiger charge is 2.54. The van der Waals surface area contributed by atoms with E-state index < -0.39 is 0 Å². The van der Waals surface area contributed by atoms with Gasteiger partial charge in [-0.1, -0.05) is 26.3 Å². The molecule has 2 fully saturated rings. The van der Waals surface area contributed by atoms with Crippen molar-refractivity contribution in [3.63, 3.8) is 0 Å². The van der Waals surface area contributed by atoms with Crippen LogP contribution in [0.15, 0.2) is 28.8 Å². The molecule has 0 spiro atoms. The van der Waals surface area contributed by atoms with Crippen LogP contribution in [0.1, 0.15) is 49.2 Å². The van der Waals surface area contributed by atoms with Crippen molar-refractivity contribution < 1.29 is 14.4 Å². The van der Waals surface area contributed by atoms with E-state index in [1.807, 2.05) is 55.5 Å². The third kappa shape index (κ3) is 6.65. The van der Waals surface area contributed by atoms with Gasteiger partial charge in [0.2, 0.25) is 0 Å². The minimum atomic E-state index is -0.191. The largest absolute Gasteiger partial charge is 0.370 e. The minimum absolute atomic E-state index is 0.0546. The van der Waals surface area contributed by atoms with Crippen molar-refractivity contribution in [3.05, 3.63) is 33.7 Å². The number of carbonyl (C=O) groups is 3. The first-order valence-electron chi connectivity index (χ1n) is 15.2. The highest BCUT2D eigenvalue weighted by molar-refractivity contribution is 7.12. The molecular formula is C31H50N6O3S. The summed E-state index contributed by atoms with van der Waals surface area (Å²) in [7, 11) is 9.87. The average Bonchev–Trinajstić information content (AvgIpc) is 3.48. The van der Waals surface area contributed by atoms with E-state index in [4.69, 9.17) is 0 Å². The SMILES string of the molecule is CCCN(C)CC1(C)CCCC2C1C(N1CCN(C(=O)c3cccs3)CC1)=C(C(=O)N(C)CCN(C)C)C(=O)N2C. The fourth-order valence-electron chi connectivity index (χ4n) is 7.18. The third-order valence-corrected chi connectivity index (χ3v) is 10.1. The fraction of sp³-hybridized carbons (Fsp3) is 0.710. The lowest BCUT2D eigenvalue weighted by Crippen LogP contribution is -2.62. The van der Waals surface area contributed by atoms with Crippen molar-refractivity contribution in [2.24, 2.45) is 11.3 Å². The van der Waals surface area contributed by atoms with E-state index in [0.717, 1.165) is 55.9 Å². The molecule has 3 aliphatic rings. The molecule has 1 aromatic rings. The molecule has 4 rings (SSSR count). The van der Waals surface area contributed by atoms with Gasteiger partial charge < -0.3 is 29.4 Å². The second kappa shape index (κ2) is 13.3. The molecule has 3 heterocycles. The molecule has 0 N–H and O–H groups in total. The van der Waals surface area contributed by atoms with Crippen molar-refractivity contribution in [2.45, 2.75) is 45.6 Å². The second-order valence-electron chi connectivity index (χ2n) is 12.8. The molecule has 0 radical (unpaired) electrons. The molecule has 3 unspecified atom stereocenters. The molecular weight excluding hydrogens is 536 g/mol. The van der Waals surface area contributed by atoms with Gasteiger partial charge in [-0.3, -0.25) is 14.4 Å². The number of fused-ring (bicyclic) bond motifs is 1. The predicted molar refractivity (Wildman–Crippen MR) is 165 cm³/mol. The van der Waals surface area contributed by atoms with Crippen LogP contribution in [0.5, 0.6) is 0 Å². The molecule has 3 atom stereocenters. The maximum absolute atomic E-state index is 14.2. The lowest BCUT2D eigenvalue weighted by molar-refractivity contribution is -0.139. The van der Waals surface area contributed by atoms with E-state index in [-0.39, 0.29) is 35.1 Å². The van der Waals surface area contributed by atoms with Gasteiger partial charge in [0.05, 0.1) is 4.88 Å². The van der Waals surface area contributed by atoms with Crippen LogP contribution in [-0.4, -0.2) is 141 Å². The summed E-state index contributed by atoms with van der Waals surface area (Å²) in [5.41, 5.74) is 1.17. The topological polar surface area (TPSA) is 70.6 Å². The molecule has 1 saturated heterocycles. The number of amides is 3. The van der Waals surface area contributed by atoms with Gasteiger partial charge in [-0.25, -0.2) is 0 Å². The average molecular weight is 587 g/mol. The summed E-state index contributed by atoms with van der Waals surface area (Å²) in [5, 5.41) is 1.93. The zero-order valence-electron chi connectivity index (χ0n) is 26.2. The van der Waals surface area contributed by atoms with Crippen LogP contribution in [-0.2, 0) is 9.59 Å². The Balaban J connectivity index is 1.74. The first-order valence-corrected chi connectivity index (χ1v) is 16.0. The van der Waals surface area contributed by atoms with Gasteiger partial charge in [-0.2, -0.15) is 0 Å². The molecule has 1 saturated carbocycles. The van der Waals surface area contributed by atoms with Gasteiger partial charge in [0.1, 0.15) is 5.57 Å². The Bertz CT molecular complexity index is 1110. The predicted octanol–water partition coefficient (Wildman–Crippen LogP) is 2.77. The molecule has 228 valence electrons. The Morgan fingerprint density at radius 1 is 1.07 bits per heavy atom. The molecule has 10 heteroatoms. The summed E-state index contributed by atoms with van der Waals surface area (Å²) in [4.78, 5) is 54.4. The Morgan fingerprint density at radius 3 is 2.39 bits per heavy atom. The smallest absolute Gasteiger partial charge is 0.264 e. The first kappa shape index (κ1) is 31.5. The molecule has 41 heavy (non-hydrogen) atoms. The molecule has 0 bridgehead atoms. The van der Waals surface area contributed by atoms with Crippen LogP contribution in [0, 0.1) is 11.3 Å². The van der Waals surface area contributed by atoms with Gasteiger partial charge >= 0.3 is 0 Å². The summed E-state index contributed by atoms with van der Waals surface area (Å²) < 4.78 is 0. The van der Waals surface area contributed by atoms with Crippen molar-refractivity contribution in [1.29, 1.82) is 0 Å². The fourth-order valence-corrected chi connectivity index (χ4v) is 7.87. The van der Waals surface area contributed by atoms with Crippen LogP contribution in [0.25, 0.3) is 0 Å². The zero-order valence-corrected chi connectivity index (χ0v) is 27.0. The zero-order chi connectivity index (χ0) is 29.9. The summed E-state index contributed by atoms with van der Waals surface area (Å²) in [6, 6.07) is 3.84. The lowest BCUT2D eigenvalue weighted by atomic mass is 9.61. The third-order valence-electron chi connectivity index (χ3n) is 9.28. The quantitative estimate of drug-likeness (QED) is 0.393. The van der Waals surface area contributed by atoms with E-state index in [0.29, 0.717) is 38.3 Å². The van der Waals surface area contributed by atoms with E-state index in [1.165, 1.54) is 11.3 Å². The Labute approximate surface area is 250 Å². The van der Waals surface area contributed by atoms with Crippen LogP contribution in [0.3, 0.4) is 0 Å². The van der Waals surface area contributed by atoms with Crippen molar-refractivity contribution in [2.75, 3.05) is 87.6 Å². The number of hydrogen-bond donors (Lipinski definition) is 0. The van der Waals surface area contributed by atoms with Gasteiger partial charge in [-0.05, 0) is 63.8 Å². The summed E-state index contributed by atoms with van der Waals surface area (Å²) in [5.74, 6) is -0.233. The number of hydrogen-bond acceptors (Lipinski definition) is 7. The maximum Gasteiger partial charge on any atom is 0.264 e. The number of thiophene rings is 1. The lowest BCUT2D eigenvalue weighted by Gasteiger charge is -2.56. The first-order chi connectivity index (χ1) is 19.5. The van der Waals surface area contributed by atoms with E-state index in [2.05, 4.69) is 35.6 Å². The number of nitrogens with zero attached hydrogens (tertiary/aromatic N) is 6. The van der Waals surface area contributed by atoms with E-state index in [1.54, 1.807) is 4.90 Å². The Kier molecular flexibility index (Phi) is 10.2. The molecule has 1 aliphatic carbocycles. The summed E-state index contributed by atoms with van der Waals surface area (Å²) in [6.07, 6.45) is 4.15. The highest BCUT2D eigenvalue weighted by atomic mass is 32.1. The molecule has 1 aromatic heterocycles. The van der Waals surface area contributed by atoms with Crippen molar-refractivity contribution in [3.8, 4) is 0 Å². The van der Waals surface area contributed by atoms with Crippen LogP contribution >= 0.6 is 11.3 Å². The molecule has 3 amide bonds. The van der Waals surface area contributed by atoms with Crippen LogP contribution in [0.4, 0.5) is 0 Å². The van der Waals surface area contributed by atoms with Crippen LogP contribution in [0.2, 0.25) is 0 Å². The van der Waals surface area contributed by atoms with Crippen molar-refractivity contribution in [1.82, 2.24) is 29.4 Å². The minimum Gasteiger partial charge on any atom is -0.370 e. The van der Waals surface area contributed by atoms with Crippen molar-refractivity contribution >= 4 is 29.1 Å². The Morgan fingerprint density at radius 2 is 1.78 bits per heavy atom. The second-order valence-corrected chi connectivity index (χ2v) is 13.7. The normalized spacial score (nSPS) is 25.3.